The van der Waals surface area contributed by atoms with Gasteiger partial charge in [-0.05, 0) is 34.0 Å². The van der Waals surface area contributed by atoms with E-state index in [1.807, 2.05) is 42.5 Å². The highest BCUT2D eigenvalue weighted by Gasteiger charge is 2.32. The van der Waals surface area contributed by atoms with Gasteiger partial charge in [-0.1, -0.05) is 66.4 Å². The monoisotopic (exact) mass is 445 g/mol. The second kappa shape index (κ2) is 8.24. The topological polar surface area (TPSA) is 64.0 Å². The maximum Gasteiger partial charge on any atom is 0.279 e. The lowest BCUT2D eigenvalue weighted by atomic mass is 9.86. The predicted octanol–water partition coefficient (Wildman–Crippen LogP) is 4.84. The standard InChI is InChI=1S/C25H20FN3O2S/c1-29-23-22(24(31)28-25(29)32-14-15-6-10-19(26)11-7-15)20(13-21(30)27-23)18-9-8-16-4-2-3-5-17(16)12-18/h2-12,20H,13-14H2,1H3,(H,27,30). The van der Waals surface area contributed by atoms with Crippen LogP contribution in [0.15, 0.2) is 76.7 Å². The highest BCUT2D eigenvalue weighted by atomic mass is 32.2. The molecule has 0 bridgehead atoms. The van der Waals surface area contributed by atoms with Gasteiger partial charge in [0.05, 0.1) is 5.56 Å². The van der Waals surface area contributed by atoms with E-state index < -0.39 is 0 Å². The minimum Gasteiger partial charge on any atom is -0.312 e. The van der Waals surface area contributed by atoms with Gasteiger partial charge in [0.2, 0.25) is 5.91 Å². The number of nitrogens with zero attached hydrogens (tertiary/aromatic N) is 2. The third-order valence-electron chi connectivity index (χ3n) is 5.76. The summed E-state index contributed by atoms with van der Waals surface area (Å²) in [5.74, 6) is 0.236. The van der Waals surface area contributed by atoms with Crippen LogP contribution in [0, 0.1) is 5.82 Å². The van der Waals surface area contributed by atoms with Gasteiger partial charge in [-0.3, -0.25) is 9.59 Å². The predicted molar refractivity (Wildman–Crippen MR) is 124 cm³/mol. The maximum absolute atomic E-state index is 13.2. The molecule has 3 aromatic carbocycles. The van der Waals surface area contributed by atoms with Crippen LogP contribution in [0.3, 0.4) is 0 Å². The van der Waals surface area contributed by atoms with Gasteiger partial charge >= 0.3 is 0 Å². The minimum absolute atomic E-state index is 0.133. The number of nitrogens with one attached hydrogen (secondary N) is 1. The number of halogens is 1. The number of benzene rings is 3. The number of rotatable bonds is 4. The van der Waals surface area contributed by atoms with E-state index in [1.165, 1.54) is 23.9 Å². The maximum atomic E-state index is 13.2. The number of fused-ring (bicyclic) bond motifs is 2. The van der Waals surface area contributed by atoms with Crippen molar-refractivity contribution in [1.29, 1.82) is 0 Å². The molecule has 160 valence electrons. The van der Waals surface area contributed by atoms with Crippen LogP contribution in [0.2, 0.25) is 0 Å². The van der Waals surface area contributed by atoms with Crippen molar-refractivity contribution in [2.45, 2.75) is 23.2 Å². The van der Waals surface area contributed by atoms with E-state index in [-0.39, 0.29) is 29.6 Å². The van der Waals surface area contributed by atoms with Crippen molar-refractivity contribution in [2.24, 2.45) is 7.05 Å². The summed E-state index contributed by atoms with van der Waals surface area (Å²) in [6.45, 7) is 0. The normalized spacial score (nSPS) is 15.4. The smallest absolute Gasteiger partial charge is 0.279 e. The zero-order chi connectivity index (χ0) is 22.2. The third kappa shape index (κ3) is 3.80. The van der Waals surface area contributed by atoms with Crippen LogP contribution in [-0.4, -0.2) is 15.5 Å². The van der Waals surface area contributed by atoms with Gasteiger partial charge in [-0.15, -0.1) is 0 Å². The van der Waals surface area contributed by atoms with E-state index in [0.717, 1.165) is 21.9 Å². The van der Waals surface area contributed by atoms with Gasteiger partial charge in [-0.2, -0.15) is 4.98 Å². The van der Waals surface area contributed by atoms with Crippen LogP contribution in [0.5, 0.6) is 0 Å². The minimum atomic E-state index is -0.356. The quantitative estimate of drug-likeness (QED) is 0.361. The Bertz CT molecular complexity index is 1400. The molecule has 1 aliphatic heterocycles. The Hall–Kier alpha value is -3.45. The van der Waals surface area contributed by atoms with Gasteiger partial charge < -0.3 is 9.88 Å². The first-order valence-electron chi connectivity index (χ1n) is 10.3. The summed E-state index contributed by atoms with van der Waals surface area (Å²) in [6, 6.07) is 20.3. The molecule has 5 nitrogen and oxygen atoms in total. The molecule has 0 spiro atoms. The van der Waals surface area contributed by atoms with Crippen molar-refractivity contribution in [2.75, 3.05) is 5.32 Å². The zero-order valence-electron chi connectivity index (χ0n) is 17.3. The Balaban J connectivity index is 1.53. The summed E-state index contributed by atoms with van der Waals surface area (Å²) in [5.41, 5.74) is 2.01. The number of carbonyl (C=O) groups is 1. The van der Waals surface area contributed by atoms with Crippen LogP contribution >= 0.6 is 11.8 Å². The van der Waals surface area contributed by atoms with Crippen molar-refractivity contribution >= 4 is 34.3 Å². The summed E-state index contributed by atoms with van der Waals surface area (Å²) in [6.07, 6.45) is 0.199. The van der Waals surface area contributed by atoms with Crippen LogP contribution < -0.4 is 10.9 Å². The van der Waals surface area contributed by atoms with Crippen molar-refractivity contribution < 1.29 is 9.18 Å². The zero-order valence-corrected chi connectivity index (χ0v) is 18.2. The fourth-order valence-corrected chi connectivity index (χ4v) is 5.02. The lowest BCUT2D eigenvalue weighted by molar-refractivity contribution is -0.116. The summed E-state index contributed by atoms with van der Waals surface area (Å²) < 4.78 is 14.9. The number of aromatic nitrogens is 2. The molecule has 0 saturated heterocycles. The number of hydrogen-bond donors (Lipinski definition) is 1. The number of hydrogen-bond acceptors (Lipinski definition) is 4. The molecule has 0 aliphatic carbocycles. The van der Waals surface area contributed by atoms with Gasteiger partial charge in [0.15, 0.2) is 5.16 Å². The second-order valence-corrected chi connectivity index (χ2v) is 8.79. The molecule has 1 unspecified atom stereocenters. The van der Waals surface area contributed by atoms with E-state index in [1.54, 1.807) is 23.7 Å². The van der Waals surface area contributed by atoms with Crippen molar-refractivity contribution in [3.05, 3.63) is 99.6 Å². The van der Waals surface area contributed by atoms with Crippen molar-refractivity contribution in [3.63, 3.8) is 0 Å². The van der Waals surface area contributed by atoms with Gasteiger partial charge in [0.1, 0.15) is 11.6 Å². The summed E-state index contributed by atoms with van der Waals surface area (Å²) >= 11 is 1.37. The molecular weight excluding hydrogens is 425 g/mol. The summed E-state index contributed by atoms with van der Waals surface area (Å²) in [4.78, 5) is 30.0. The molecule has 2 heterocycles. The lowest BCUT2D eigenvalue weighted by Crippen LogP contribution is -2.33. The molecule has 1 N–H and O–H groups in total. The molecule has 5 rings (SSSR count). The number of anilines is 1. The van der Waals surface area contributed by atoms with Crippen LogP contribution in [0.25, 0.3) is 10.8 Å². The number of carbonyl (C=O) groups excluding carboxylic acids is 1. The average molecular weight is 446 g/mol. The number of amides is 1. The SMILES string of the molecule is Cn1c(SCc2ccc(F)cc2)nc(=O)c2c1NC(=O)CC2c1ccc2ccccc2c1. The van der Waals surface area contributed by atoms with Crippen LogP contribution in [0.1, 0.15) is 29.0 Å². The molecule has 7 heteroatoms. The molecule has 1 aromatic heterocycles. The molecule has 32 heavy (non-hydrogen) atoms. The van der Waals surface area contributed by atoms with Crippen LogP contribution in [0.4, 0.5) is 10.2 Å². The Labute approximate surface area is 188 Å². The van der Waals surface area contributed by atoms with Gasteiger partial charge in [0, 0.05) is 25.1 Å². The first-order chi connectivity index (χ1) is 15.5. The molecular formula is C25H20FN3O2S. The van der Waals surface area contributed by atoms with Crippen LogP contribution in [-0.2, 0) is 17.6 Å². The third-order valence-corrected chi connectivity index (χ3v) is 6.86. The van der Waals surface area contributed by atoms with E-state index in [4.69, 9.17) is 0 Å². The summed E-state index contributed by atoms with van der Waals surface area (Å²) in [5, 5.41) is 5.54. The number of thioether (sulfide) groups is 1. The molecule has 4 aromatic rings. The Morgan fingerprint density at radius 1 is 1.06 bits per heavy atom. The fourth-order valence-electron chi connectivity index (χ4n) is 4.10. The van der Waals surface area contributed by atoms with Crippen molar-refractivity contribution in [3.8, 4) is 0 Å². The lowest BCUT2D eigenvalue weighted by Gasteiger charge is -2.27. The van der Waals surface area contributed by atoms with Gasteiger partial charge in [-0.25, -0.2) is 4.39 Å². The highest BCUT2D eigenvalue weighted by molar-refractivity contribution is 7.98. The molecule has 0 radical (unpaired) electrons. The largest absolute Gasteiger partial charge is 0.312 e. The van der Waals surface area contributed by atoms with E-state index >= 15 is 0 Å². The first kappa shape index (κ1) is 20.5. The molecule has 0 saturated carbocycles. The highest BCUT2D eigenvalue weighted by Crippen LogP contribution is 2.37. The molecule has 1 aliphatic rings. The molecule has 1 atom stereocenters. The van der Waals surface area contributed by atoms with Crippen molar-refractivity contribution in [1.82, 2.24) is 9.55 Å². The molecule has 1 amide bonds. The van der Waals surface area contributed by atoms with E-state index in [9.17, 15) is 14.0 Å². The van der Waals surface area contributed by atoms with Gasteiger partial charge in [0.25, 0.3) is 5.56 Å². The van der Waals surface area contributed by atoms with E-state index in [2.05, 4.69) is 10.3 Å². The van der Waals surface area contributed by atoms with E-state index in [0.29, 0.717) is 22.3 Å². The Kier molecular flexibility index (Phi) is 5.27. The fraction of sp³-hybridized carbons (Fsp3) is 0.160. The first-order valence-corrected chi connectivity index (χ1v) is 11.2. The molecule has 0 fully saturated rings. The second-order valence-electron chi connectivity index (χ2n) is 7.85. The Morgan fingerprint density at radius 3 is 2.59 bits per heavy atom. The summed E-state index contributed by atoms with van der Waals surface area (Å²) in [7, 11) is 1.79. The Morgan fingerprint density at radius 2 is 1.81 bits per heavy atom. The average Bonchev–Trinajstić information content (AvgIpc) is 2.80.